The number of hydrogen-bond donors (Lipinski definition) is 1. The maximum absolute atomic E-state index is 13.4. The van der Waals surface area contributed by atoms with Crippen molar-refractivity contribution in [1.29, 1.82) is 0 Å². The molecule has 3 aromatic carbocycles. The molecule has 0 radical (unpaired) electrons. The van der Waals surface area contributed by atoms with Crippen molar-refractivity contribution in [1.82, 2.24) is 10.2 Å². The van der Waals surface area contributed by atoms with Gasteiger partial charge >= 0.3 is 0 Å². The Balaban J connectivity index is 1.31. The predicted octanol–water partition coefficient (Wildman–Crippen LogP) is 3.70. The summed E-state index contributed by atoms with van der Waals surface area (Å²) in [4.78, 5) is 15.6. The summed E-state index contributed by atoms with van der Waals surface area (Å²) >= 11 is 0. The normalized spacial score (nSPS) is 17.9. The van der Waals surface area contributed by atoms with Crippen LogP contribution >= 0.6 is 0 Å². The second kappa shape index (κ2) is 10.7. The highest BCUT2D eigenvalue weighted by atomic mass is 32.2. The lowest BCUT2D eigenvalue weighted by atomic mass is 10.1. The van der Waals surface area contributed by atoms with Crippen LogP contribution in [0.1, 0.15) is 29.5 Å². The summed E-state index contributed by atoms with van der Waals surface area (Å²) in [6, 6.07) is 24.1. The number of likely N-dealkylation sites (tertiary alicyclic amines) is 1. The topological polar surface area (TPSA) is 79.0 Å². The summed E-state index contributed by atoms with van der Waals surface area (Å²) in [7, 11) is -3.74. The summed E-state index contributed by atoms with van der Waals surface area (Å²) < 4.78 is 34.1. The third-order valence-corrected chi connectivity index (χ3v) is 8.43. The second-order valence-corrected chi connectivity index (χ2v) is 11.2. The molecule has 2 heterocycles. The molecule has 188 valence electrons. The van der Waals surface area contributed by atoms with Crippen LogP contribution in [0.5, 0.6) is 5.75 Å². The molecule has 36 heavy (non-hydrogen) atoms. The van der Waals surface area contributed by atoms with Gasteiger partial charge < -0.3 is 10.1 Å². The number of benzene rings is 3. The fraction of sp³-hybridized carbons (Fsp3) is 0.321. The molecule has 8 heteroatoms. The molecule has 2 aliphatic heterocycles. The average molecular weight is 506 g/mol. The fourth-order valence-corrected chi connectivity index (χ4v) is 6.41. The number of para-hydroxylation sites is 2. The molecule has 1 unspecified atom stereocenters. The van der Waals surface area contributed by atoms with E-state index in [-0.39, 0.29) is 18.2 Å². The van der Waals surface area contributed by atoms with E-state index < -0.39 is 16.1 Å². The van der Waals surface area contributed by atoms with Crippen molar-refractivity contribution < 1.29 is 17.9 Å². The number of sulfonamides is 1. The van der Waals surface area contributed by atoms with E-state index in [9.17, 15) is 13.2 Å². The molecule has 1 saturated heterocycles. The Kier molecular flexibility index (Phi) is 7.25. The first kappa shape index (κ1) is 24.3. The number of nitrogens with one attached hydrogen (secondary N) is 1. The van der Waals surface area contributed by atoms with Gasteiger partial charge in [0, 0.05) is 13.1 Å². The van der Waals surface area contributed by atoms with Gasteiger partial charge in [0.25, 0.3) is 5.91 Å². The number of carbonyl (C=O) groups is 1. The van der Waals surface area contributed by atoms with Crippen molar-refractivity contribution >= 4 is 21.6 Å². The molecular weight excluding hydrogens is 474 g/mol. The van der Waals surface area contributed by atoms with Crippen LogP contribution in [0.3, 0.4) is 0 Å². The molecule has 5 rings (SSSR count). The van der Waals surface area contributed by atoms with Gasteiger partial charge in [0.2, 0.25) is 10.0 Å². The van der Waals surface area contributed by atoms with Crippen LogP contribution in [0.15, 0.2) is 78.9 Å². The van der Waals surface area contributed by atoms with Crippen molar-refractivity contribution in [2.45, 2.75) is 37.8 Å². The van der Waals surface area contributed by atoms with E-state index in [1.165, 1.54) is 22.7 Å². The Labute approximate surface area is 212 Å². The van der Waals surface area contributed by atoms with Gasteiger partial charge in [-0.25, -0.2) is 8.42 Å². The van der Waals surface area contributed by atoms with Crippen molar-refractivity contribution in [3.8, 4) is 5.75 Å². The van der Waals surface area contributed by atoms with Crippen LogP contribution in [-0.4, -0.2) is 45.0 Å². The molecule has 0 saturated carbocycles. The molecule has 0 aliphatic carbocycles. The number of fused-ring (bicyclic) bond motifs is 1. The molecule has 1 atom stereocenters. The summed E-state index contributed by atoms with van der Waals surface area (Å²) in [5, 5.41) is 2.98. The first-order valence-corrected chi connectivity index (χ1v) is 14.0. The van der Waals surface area contributed by atoms with Gasteiger partial charge in [0.05, 0.1) is 18.0 Å². The Bertz CT molecular complexity index is 1310. The number of ether oxygens (including phenoxy) is 1. The SMILES string of the molecule is O=C(NCc1ccccc1CN1CCCC1)C1CN(S(=O)(=O)Cc2ccccc2)c2ccccc2O1. The largest absolute Gasteiger partial charge is 0.476 e. The molecule has 0 bridgehead atoms. The zero-order chi connectivity index (χ0) is 25.0. The Hall–Kier alpha value is -3.36. The van der Waals surface area contributed by atoms with Gasteiger partial charge in [0.1, 0.15) is 5.75 Å². The van der Waals surface area contributed by atoms with E-state index >= 15 is 0 Å². The van der Waals surface area contributed by atoms with Crippen LogP contribution in [0, 0.1) is 0 Å². The van der Waals surface area contributed by atoms with E-state index in [4.69, 9.17) is 4.74 Å². The van der Waals surface area contributed by atoms with Crippen LogP contribution in [-0.2, 0) is 33.7 Å². The van der Waals surface area contributed by atoms with Crippen molar-refractivity contribution in [3.05, 3.63) is 95.6 Å². The number of carbonyl (C=O) groups excluding carboxylic acids is 1. The van der Waals surface area contributed by atoms with Gasteiger partial charge in [-0.2, -0.15) is 0 Å². The van der Waals surface area contributed by atoms with Gasteiger partial charge in [-0.05, 0) is 54.8 Å². The van der Waals surface area contributed by atoms with Crippen molar-refractivity contribution in [3.63, 3.8) is 0 Å². The van der Waals surface area contributed by atoms with Crippen LogP contribution in [0.25, 0.3) is 0 Å². The number of rotatable bonds is 8. The predicted molar refractivity (Wildman–Crippen MR) is 140 cm³/mol. The summed E-state index contributed by atoms with van der Waals surface area (Å²) in [5.41, 5.74) is 3.40. The quantitative estimate of drug-likeness (QED) is 0.505. The van der Waals surface area contributed by atoms with E-state index in [0.29, 0.717) is 23.5 Å². The molecule has 3 aromatic rings. The third kappa shape index (κ3) is 5.55. The van der Waals surface area contributed by atoms with Crippen molar-refractivity contribution in [2.75, 3.05) is 23.9 Å². The molecule has 1 fully saturated rings. The first-order chi connectivity index (χ1) is 17.5. The molecule has 0 aromatic heterocycles. The molecule has 1 amide bonds. The second-order valence-electron chi connectivity index (χ2n) is 9.32. The van der Waals surface area contributed by atoms with Gasteiger partial charge in [0.15, 0.2) is 6.10 Å². The van der Waals surface area contributed by atoms with E-state index in [2.05, 4.69) is 16.3 Å². The minimum absolute atomic E-state index is 0.0760. The highest BCUT2D eigenvalue weighted by molar-refractivity contribution is 7.92. The summed E-state index contributed by atoms with van der Waals surface area (Å²) in [5.74, 6) is -0.101. The number of anilines is 1. The maximum Gasteiger partial charge on any atom is 0.263 e. The van der Waals surface area contributed by atoms with E-state index in [1.54, 1.807) is 36.4 Å². The third-order valence-electron chi connectivity index (χ3n) is 6.72. The fourth-order valence-electron chi connectivity index (χ4n) is 4.83. The summed E-state index contributed by atoms with van der Waals surface area (Å²) in [6.45, 7) is 3.35. The highest BCUT2D eigenvalue weighted by Crippen LogP contribution is 2.35. The smallest absolute Gasteiger partial charge is 0.263 e. The van der Waals surface area contributed by atoms with Crippen molar-refractivity contribution in [2.24, 2.45) is 0 Å². The van der Waals surface area contributed by atoms with Gasteiger partial charge in [-0.15, -0.1) is 0 Å². The minimum Gasteiger partial charge on any atom is -0.476 e. The molecule has 0 spiro atoms. The number of amides is 1. The molecule has 1 N–H and O–H groups in total. The Morgan fingerprint density at radius 3 is 2.33 bits per heavy atom. The monoisotopic (exact) mass is 505 g/mol. The minimum atomic E-state index is -3.74. The Morgan fingerprint density at radius 2 is 1.56 bits per heavy atom. The lowest BCUT2D eigenvalue weighted by molar-refractivity contribution is -0.127. The molecule has 7 nitrogen and oxygen atoms in total. The van der Waals surface area contributed by atoms with Crippen LogP contribution in [0.2, 0.25) is 0 Å². The van der Waals surface area contributed by atoms with Gasteiger partial charge in [-0.3, -0.25) is 14.0 Å². The average Bonchev–Trinajstić information content (AvgIpc) is 3.41. The number of nitrogens with zero attached hydrogens (tertiary/aromatic N) is 2. The standard InChI is InChI=1S/C28H31N3O4S/c32-28(29-18-23-12-4-5-13-24(23)19-30-16-8-9-17-30)27-20-31(25-14-6-7-15-26(25)35-27)36(33,34)21-22-10-2-1-3-11-22/h1-7,10-15,27H,8-9,16-21H2,(H,29,32). The number of hydrogen-bond acceptors (Lipinski definition) is 5. The zero-order valence-corrected chi connectivity index (χ0v) is 21.0. The first-order valence-electron chi connectivity index (χ1n) is 12.4. The lowest BCUT2D eigenvalue weighted by Crippen LogP contribution is -2.50. The van der Waals surface area contributed by atoms with E-state index in [1.807, 2.05) is 36.4 Å². The van der Waals surface area contributed by atoms with Crippen LogP contribution in [0.4, 0.5) is 5.69 Å². The van der Waals surface area contributed by atoms with Gasteiger partial charge in [-0.1, -0.05) is 66.7 Å². The van der Waals surface area contributed by atoms with Crippen LogP contribution < -0.4 is 14.4 Å². The summed E-state index contributed by atoms with van der Waals surface area (Å²) in [6.07, 6.45) is 1.50. The maximum atomic E-state index is 13.4. The lowest BCUT2D eigenvalue weighted by Gasteiger charge is -2.34. The highest BCUT2D eigenvalue weighted by Gasteiger charge is 2.36. The van der Waals surface area contributed by atoms with E-state index in [0.717, 1.165) is 25.2 Å². The molecular formula is C28H31N3O4S. The zero-order valence-electron chi connectivity index (χ0n) is 20.2. The Morgan fingerprint density at radius 1 is 0.889 bits per heavy atom. The molecule has 2 aliphatic rings.